The van der Waals surface area contributed by atoms with Gasteiger partial charge >= 0.3 is 0 Å². The monoisotopic (exact) mass is 300 g/mol. The van der Waals surface area contributed by atoms with E-state index in [9.17, 15) is 9.18 Å². The summed E-state index contributed by atoms with van der Waals surface area (Å²) in [7, 11) is 0. The van der Waals surface area contributed by atoms with E-state index in [2.05, 4.69) is 16.7 Å². The van der Waals surface area contributed by atoms with Crippen molar-refractivity contribution in [2.45, 2.75) is 19.6 Å². The summed E-state index contributed by atoms with van der Waals surface area (Å²) in [4.78, 5) is 11.7. The summed E-state index contributed by atoms with van der Waals surface area (Å²) in [5, 5.41) is 14.5. The second kappa shape index (κ2) is 7.96. The summed E-state index contributed by atoms with van der Waals surface area (Å²) in [6.45, 7) is 1.32. The molecule has 0 aliphatic rings. The zero-order chi connectivity index (χ0) is 15.8. The maximum absolute atomic E-state index is 12.8. The van der Waals surface area contributed by atoms with Crippen LogP contribution in [0, 0.1) is 17.1 Å². The number of nitrogens with zero attached hydrogens (tertiary/aromatic N) is 2. The topological polar surface area (TPSA) is 69.8 Å². The summed E-state index contributed by atoms with van der Waals surface area (Å²) in [6, 6.07) is 11.9. The molecule has 0 aliphatic carbocycles. The number of hydrogen-bond donors (Lipinski definition) is 2. The Morgan fingerprint density at radius 3 is 2.73 bits per heavy atom. The number of carbonyl (C=O) groups excluding carboxylic acids is 1. The molecule has 2 rings (SSSR count). The number of aromatic nitrogens is 1. The molecule has 6 heteroatoms. The number of hydrogen-bond acceptors (Lipinski definition) is 3. The lowest BCUT2D eigenvalue weighted by Crippen LogP contribution is -2.33. The molecular formula is C16H17FN4O. The van der Waals surface area contributed by atoms with Crippen molar-refractivity contribution < 1.29 is 9.18 Å². The molecule has 0 radical (unpaired) electrons. The molecule has 114 valence electrons. The van der Waals surface area contributed by atoms with Gasteiger partial charge in [0.25, 0.3) is 0 Å². The molecule has 1 amide bonds. The second-order valence-electron chi connectivity index (χ2n) is 4.79. The largest absolute Gasteiger partial charge is 0.349 e. The zero-order valence-electron chi connectivity index (χ0n) is 12.1. The van der Waals surface area contributed by atoms with Crippen molar-refractivity contribution in [3.8, 4) is 6.07 Å². The van der Waals surface area contributed by atoms with Crippen molar-refractivity contribution in [1.29, 1.82) is 5.26 Å². The number of benzene rings is 1. The van der Waals surface area contributed by atoms with E-state index in [0.717, 1.165) is 11.3 Å². The highest BCUT2D eigenvalue weighted by Crippen LogP contribution is 2.02. The van der Waals surface area contributed by atoms with Crippen molar-refractivity contribution >= 4 is 5.91 Å². The maximum atomic E-state index is 12.8. The van der Waals surface area contributed by atoms with E-state index in [1.165, 1.54) is 12.1 Å². The summed E-state index contributed by atoms with van der Waals surface area (Å²) < 4.78 is 14.5. The van der Waals surface area contributed by atoms with Crippen LogP contribution >= 0.6 is 0 Å². The lowest BCUT2D eigenvalue weighted by atomic mass is 10.2. The fraction of sp³-hybridized carbons (Fsp3) is 0.250. The van der Waals surface area contributed by atoms with Gasteiger partial charge in [0, 0.05) is 18.4 Å². The van der Waals surface area contributed by atoms with Gasteiger partial charge in [-0.3, -0.25) is 4.79 Å². The highest BCUT2D eigenvalue weighted by molar-refractivity contribution is 5.77. The van der Waals surface area contributed by atoms with E-state index >= 15 is 0 Å². The molecule has 0 saturated carbocycles. The van der Waals surface area contributed by atoms with Gasteiger partial charge in [0.05, 0.1) is 19.2 Å². The Kier molecular flexibility index (Phi) is 5.69. The van der Waals surface area contributed by atoms with Gasteiger partial charge in [-0.25, -0.2) is 4.39 Å². The molecule has 1 aromatic heterocycles. The number of nitrogens with one attached hydrogen (secondary N) is 2. The van der Waals surface area contributed by atoms with Crippen LogP contribution in [0.3, 0.4) is 0 Å². The van der Waals surface area contributed by atoms with Gasteiger partial charge in [-0.1, -0.05) is 12.1 Å². The highest BCUT2D eigenvalue weighted by atomic mass is 19.1. The minimum absolute atomic E-state index is 0.133. The molecule has 0 bridgehead atoms. The number of amides is 1. The fourth-order valence-electron chi connectivity index (χ4n) is 2.01. The summed E-state index contributed by atoms with van der Waals surface area (Å²) in [5.74, 6) is -0.409. The number of rotatable bonds is 7. The van der Waals surface area contributed by atoms with E-state index < -0.39 is 0 Å². The van der Waals surface area contributed by atoms with Gasteiger partial charge in [-0.15, -0.1) is 0 Å². The Morgan fingerprint density at radius 2 is 2.00 bits per heavy atom. The highest BCUT2D eigenvalue weighted by Gasteiger charge is 2.04. The molecule has 0 aliphatic heterocycles. The van der Waals surface area contributed by atoms with Gasteiger partial charge < -0.3 is 15.2 Å². The number of halogens is 1. The molecule has 0 spiro atoms. The van der Waals surface area contributed by atoms with Gasteiger partial charge in [-0.2, -0.15) is 5.26 Å². The third kappa shape index (κ3) is 4.72. The van der Waals surface area contributed by atoms with Crippen LogP contribution in [-0.4, -0.2) is 17.0 Å². The van der Waals surface area contributed by atoms with Crippen molar-refractivity contribution in [3.63, 3.8) is 0 Å². The molecule has 2 aromatic rings. The van der Waals surface area contributed by atoms with Gasteiger partial charge in [-0.05, 0) is 29.8 Å². The van der Waals surface area contributed by atoms with Gasteiger partial charge in [0.1, 0.15) is 12.4 Å². The molecule has 22 heavy (non-hydrogen) atoms. The lowest BCUT2D eigenvalue weighted by molar-refractivity contribution is -0.120. The van der Waals surface area contributed by atoms with Crippen molar-refractivity contribution in [2.75, 3.05) is 6.54 Å². The van der Waals surface area contributed by atoms with E-state index in [1.54, 1.807) is 22.9 Å². The van der Waals surface area contributed by atoms with Gasteiger partial charge in [0.2, 0.25) is 5.91 Å². The van der Waals surface area contributed by atoms with E-state index in [1.807, 2.05) is 12.1 Å². The first-order valence-electron chi connectivity index (χ1n) is 6.92. The van der Waals surface area contributed by atoms with Crippen LogP contribution in [0.1, 0.15) is 11.3 Å². The van der Waals surface area contributed by atoms with Crippen molar-refractivity contribution in [3.05, 3.63) is 59.7 Å². The molecule has 0 fully saturated rings. The summed E-state index contributed by atoms with van der Waals surface area (Å²) >= 11 is 0. The van der Waals surface area contributed by atoms with Crippen LogP contribution in [0.4, 0.5) is 4.39 Å². The number of nitriles is 1. The quantitative estimate of drug-likeness (QED) is 0.815. The molecule has 0 unspecified atom stereocenters. The third-order valence-electron chi connectivity index (χ3n) is 3.16. The van der Waals surface area contributed by atoms with Crippen LogP contribution in [0.2, 0.25) is 0 Å². The van der Waals surface area contributed by atoms with Crippen LogP contribution in [0.5, 0.6) is 0 Å². The smallest absolute Gasteiger partial charge is 0.234 e. The Morgan fingerprint density at radius 1 is 1.23 bits per heavy atom. The predicted molar refractivity (Wildman–Crippen MR) is 80.0 cm³/mol. The second-order valence-corrected chi connectivity index (χ2v) is 4.79. The predicted octanol–water partition coefficient (Wildman–Crippen LogP) is 1.56. The average Bonchev–Trinajstić information content (AvgIpc) is 2.95. The number of carbonyl (C=O) groups is 1. The zero-order valence-corrected chi connectivity index (χ0v) is 12.1. The van der Waals surface area contributed by atoms with E-state index in [4.69, 9.17) is 5.26 Å². The Bertz CT molecular complexity index is 658. The molecule has 0 saturated heterocycles. The maximum Gasteiger partial charge on any atom is 0.234 e. The van der Waals surface area contributed by atoms with Gasteiger partial charge in [0.15, 0.2) is 0 Å². The SMILES string of the molecule is N#CCn1cccc1CNC(=O)CNCc1ccc(F)cc1. The minimum atomic E-state index is -0.276. The van der Waals surface area contributed by atoms with Crippen LogP contribution in [0.15, 0.2) is 42.6 Å². The Labute approximate surface area is 128 Å². The molecule has 5 nitrogen and oxygen atoms in total. The first-order chi connectivity index (χ1) is 10.7. The standard InChI is InChI=1S/C16H17FN4O/c17-14-5-3-13(4-6-14)10-19-12-16(22)20-11-15-2-1-8-21(15)9-7-18/h1-6,8,19H,9-12H2,(H,20,22). The molecule has 0 atom stereocenters. The average molecular weight is 300 g/mol. The normalized spacial score (nSPS) is 10.2. The van der Waals surface area contributed by atoms with Crippen LogP contribution < -0.4 is 10.6 Å². The van der Waals surface area contributed by atoms with Crippen molar-refractivity contribution in [1.82, 2.24) is 15.2 Å². The third-order valence-corrected chi connectivity index (χ3v) is 3.16. The fourth-order valence-corrected chi connectivity index (χ4v) is 2.01. The van der Waals surface area contributed by atoms with E-state index in [-0.39, 0.29) is 24.8 Å². The molecule has 1 aromatic carbocycles. The Hall–Kier alpha value is -2.65. The van der Waals surface area contributed by atoms with Crippen LogP contribution in [0.25, 0.3) is 0 Å². The first-order valence-corrected chi connectivity index (χ1v) is 6.92. The Balaban J connectivity index is 1.71. The minimum Gasteiger partial charge on any atom is -0.349 e. The lowest BCUT2D eigenvalue weighted by Gasteiger charge is -2.08. The summed E-state index contributed by atoms with van der Waals surface area (Å²) in [5.41, 5.74) is 1.80. The first kappa shape index (κ1) is 15.7. The molecular weight excluding hydrogens is 283 g/mol. The summed E-state index contributed by atoms with van der Waals surface area (Å²) in [6.07, 6.45) is 1.80. The molecule has 1 heterocycles. The van der Waals surface area contributed by atoms with E-state index in [0.29, 0.717) is 13.1 Å². The van der Waals surface area contributed by atoms with Crippen LogP contribution in [-0.2, 0) is 24.4 Å². The molecule has 2 N–H and O–H groups in total. The van der Waals surface area contributed by atoms with Crippen molar-refractivity contribution in [2.24, 2.45) is 0 Å².